The van der Waals surface area contributed by atoms with Gasteiger partial charge in [0.1, 0.15) is 0 Å². The van der Waals surface area contributed by atoms with Crippen LogP contribution in [0.15, 0.2) is 0 Å². The summed E-state index contributed by atoms with van der Waals surface area (Å²) >= 11 is 0. The topological polar surface area (TPSA) is 29.5 Å². The van der Waals surface area contributed by atoms with Gasteiger partial charge in [-0.3, -0.25) is 0 Å². The molecule has 0 unspecified atom stereocenters. The second-order valence-corrected chi connectivity index (χ2v) is 5.65. The van der Waals surface area contributed by atoms with E-state index in [0.29, 0.717) is 12.5 Å². The minimum Gasteiger partial charge on any atom is -0.396 e. The van der Waals surface area contributed by atoms with E-state index >= 15 is 0 Å². The normalized spacial score (nSPS) is 14.1. The highest BCUT2D eigenvalue weighted by atomic mass is 16.5. The van der Waals surface area contributed by atoms with Gasteiger partial charge >= 0.3 is 0 Å². The fourth-order valence-corrected chi connectivity index (χ4v) is 1.81. The Hall–Kier alpha value is -0.0800. The van der Waals surface area contributed by atoms with Gasteiger partial charge in [0.05, 0.1) is 12.2 Å². The van der Waals surface area contributed by atoms with Crippen molar-refractivity contribution in [2.45, 2.75) is 71.8 Å². The van der Waals surface area contributed by atoms with Gasteiger partial charge in [-0.1, -0.05) is 26.2 Å². The molecule has 0 fully saturated rings. The van der Waals surface area contributed by atoms with Crippen LogP contribution in [-0.2, 0) is 4.74 Å². The highest BCUT2D eigenvalue weighted by Gasteiger charge is 2.14. The number of hydrogen-bond acceptors (Lipinski definition) is 2. The van der Waals surface area contributed by atoms with Crippen molar-refractivity contribution in [2.24, 2.45) is 5.92 Å². The molecule has 0 heterocycles. The summed E-state index contributed by atoms with van der Waals surface area (Å²) in [6.45, 7) is 9.79. The lowest BCUT2D eigenvalue weighted by Crippen LogP contribution is -2.23. The van der Waals surface area contributed by atoms with Gasteiger partial charge in [0.15, 0.2) is 0 Å². The van der Waals surface area contributed by atoms with Gasteiger partial charge in [-0.05, 0) is 46.0 Å². The molecule has 0 amide bonds. The van der Waals surface area contributed by atoms with Gasteiger partial charge in [-0.2, -0.15) is 0 Å². The predicted octanol–water partition coefficient (Wildman–Crippen LogP) is 3.77. The molecule has 2 heteroatoms. The summed E-state index contributed by atoms with van der Waals surface area (Å²) in [4.78, 5) is 0. The van der Waals surface area contributed by atoms with Gasteiger partial charge in [0, 0.05) is 6.61 Å². The third kappa shape index (κ3) is 10.4. The van der Waals surface area contributed by atoms with Crippen molar-refractivity contribution in [1.29, 1.82) is 0 Å². The first-order valence-electron chi connectivity index (χ1n) is 6.74. The van der Waals surface area contributed by atoms with Crippen LogP contribution in [0.1, 0.15) is 66.2 Å². The van der Waals surface area contributed by atoms with E-state index in [1.165, 1.54) is 25.7 Å². The van der Waals surface area contributed by atoms with E-state index in [1.807, 2.05) is 0 Å². The maximum Gasteiger partial charge on any atom is 0.0598 e. The minimum atomic E-state index is -0.0168. The smallest absolute Gasteiger partial charge is 0.0598 e. The lowest BCUT2D eigenvalue weighted by atomic mass is 9.97. The summed E-state index contributed by atoms with van der Waals surface area (Å²) in [6.07, 6.45) is 7.04. The molecule has 0 aromatic heterocycles. The number of aliphatic hydroxyl groups is 1. The molecule has 98 valence electrons. The lowest BCUT2D eigenvalue weighted by Gasteiger charge is -2.24. The van der Waals surface area contributed by atoms with Crippen LogP contribution in [0, 0.1) is 5.92 Å². The first-order chi connectivity index (χ1) is 7.49. The number of rotatable bonds is 9. The van der Waals surface area contributed by atoms with Crippen LogP contribution in [0.25, 0.3) is 0 Å². The fraction of sp³-hybridized carbons (Fsp3) is 1.00. The maximum absolute atomic E-state index is 8.72. The summed E-state index contributed by atoms with van der Waals surface area (Å²) in [6, 6.07) is 0. The zero-order chi connectivity index (χ0) is 12.4. The van der Waals surface area contributed by atoms with Crippen molar-refractivity contribution < 1.29 is 9.84 Å². The number of unbranched alkanes of at least 4 members (excludes halogenated alkanes) is 2. The Morgan fingerprint density at radius 3 is 2.25 bits per heavy atom. The molecule has 1 atom stereocenters. The molecule has 0 aliphatic carbocycles. The van der Waals surface area contributed by atoms with Gasteiger partial charge in [-0.25, -0.2) is 0 Å². The quantitative estimate of drug-likeness (QED) is 0.611. The SMILES string of the molecule is CCC[C@H](CCCCCO)COC(C)(C)C. The van der Waals surface area contributed by atoms with Gasteiger partial charge in [0.2, 0.25) is 0 Å². The van der Waals surface area contributed by atoms with Crippen LogP contribution in [0.2, 0.25) is 0 Å². The molecule has 0 aliphatic heterocycles. The zero-order valence-corrected chi connectivity index (χ0v) is 11.6. The highest BCUT2D eigenvalue weighted by molar-refractivity contribution is 4.64. The molecule has 0 aromatic carbocycles. The number of aliphatic hydroxyl groups excluding tert-OH is 1. The molecule has 0 aromatic rings. The molecule has 1 N–H and O–H groups in total. The maximum atomic E-state index is 8.72. The van der Waals surface area contributed by atoms with Crippen LogP contribution in [0.3, 0.4) is 0 Å². The summed E-state index contributed by atoms with van der Waals surface area (Å²) in [7, 11) is 0. The first-order valence-corrected chi connectivity index (χ1v) is 6.74. The third-order valence-electron chi connectivity index (χ3n) is 2.72. The molecule has 2 nitrogen and oxygen atoms in total. The number of ether oxygens (including phenoxy) is 1. The molecule has 0 spiro atoms. The van der Waals surface area contributed by atoms with Crippen molar-refractivity contribution in [2.75, 3.05) is 13.2 Å². The molecular weight excluding hydrogens is 200 g/mol. The van der Waals surface area contributed by atoms with E-state index in [4.69, 9.17) is 9.84 Å². The van der Waals surface area contributed by atoms with Crippen molar-refractivity contribution in [1.82, 2.24) is 0 Å². The Labute approximate surface area is 101 Å². The van der Waals surface area contributed by atoms with Crippen molar-refractivity contribution in [3.8, 4) is 0 Å². The van der Waals surface area contributed by atoms with Crippen molar-refractivity contribution in [3.63, 3.8) is 0 Å². The molecule has 0 saturated heterocycles. The van der Waals surface area contributed by atoms with Crippen LogP contribution in [0.4, 0.5) is 0 Å². The van der Waals surface area contributed by atoms with Crippen molar-refractivity contribution in [3.05, 3.63) is 0 Å². The predicted molar refractivity (Wildman–Crippen MR) is 69.7 cm³/mol. The van der Waals surface area contributed by atoms with E-state index < -0.39 is 0 Å². The molecule has 0 radical (unpaired) electrons. The molecule has 0 saturated carbocycles. The van der Waals surface area contributed by atoms with E-state index in [1.54, 1.807) is 0 Å². The summed E-state index contributed by atoms with van der Waals surface area (Å²) in [5.74, 6) is 0.697. The molecule has 16 heavy (non-hydrogen) atoms. The van der Waals surface area contributed by atoms with Gasteiger partial charge < -0.3 is 9.84 Å². The Kier molecular flexibility index (Phi) is 8.96. The zero-order valence-electron chi connectivity index (χ0n) is 11.6. The Morgan fingerprint density at radius 2 is 1.75 bits per heavy atom. The summed E-state index contributed by atoms with van der Waals surface area (Å²) in [5, 5.41) is 8.72. The van der Waals surface area contributed by atoms with E-state index in [0.717, 1.165) is 19.4 Å². The van der Waals surface area contributed by atoms with Crippen LogP contribution in [-0.4, -0.2) is 23.9 Å². The Bertz CT molecular complexity index is 149. The second-order valence-electron chi connectivity index (χ2n) is 5.65. The monoisotopic (exact) mass is 230 g/mol. The molecule has 0 aliphatic rings. The molecule has 0 rings (SSSR count). The van der Waals surface area contributed by atoms with Crippen LogP contribution >= 0.6 is 0 Å². The summed E-state index contributed by atoms with van der Waals surface area (Å²) < 4.78 is 5.85. The average molecular weight is 230 g/mol. The average Bonchev–Trinajstić information content (AvgIpc) is 2.19. The highest BCUT2D eigenvalue weighted by Crippen LogP contribution is 2.19. The van der Waals surface area contributed by atoms with Crippen molar-refractivity contribution >= 4 is 0 Å². The van der Waals surface area contributed by atoms with E-state index in [9.17, 15) is 0 Å². The van der Waals surface area contributed by atoms with Gasteiger partial charge in [-0.15, -0.1) is 0 Å². The molecular formula is C14H30O2. The van der Waals surface area contributed by atoms with Gasteiger partial charge in [0.25, 0.3) is 0 Å². The van der Waals surface area contributed by atoms with E-state index in [-0.39, 0.29) is 5.60 Å². The van der Waals surface area contributed by atoms with Crippen LogP contribution < -0.4 is 0 Å². The largest absolute Gasteiger partial charge is 0.396 e. The fourth-order valence-electron chi connectivity index (χ4n) is 1.81. The lowest BCUT2D eigenvalue weighted by molar-refractivity contribution is -0.0252. The first kappa shape index (κ1) is 15.9. The number of hydrogen-bond donors (Lipinski definition) is 1. The van der Waals surface area contributed by atoms with Crippen LogP contribution in [0.5, 0.6) is 0 Å². The molecule has 0 bridgehead atoms. The standard InChI is InChI=1S/C14H30O2/c1-5-9-13(10-7-6-8-11-15)12-16-14(2,3)4/h13,15H,5-12H2,1-4H3/t13-/m1/s1. The Balaban J connectivity index is 3.70. The minimum absolute atomic E-state index is 0.0168. The summed E-state index contributed by atoms with van der Waals surface area (Å²) in [5.41, 5.74) is -0.0168. The van der Waals surface area contributed by atoms with E-state index in [2.05, 4.69) is 27.7 Å². The third-order valence-corrected chi connectivity index (χ3v) is 2.72. The second kappa shape index (κ2) is 9.00. The Morgan fingerprint density at radius 1 is 1.06 bits per heavy atom.